The third-order valence-corrected chi connectivity index (χ3v) is 2.59. The van der Waals surface area contributed by atoms with Gasteiger partial charge in [-0.1, -0.05) is 0 Å². The average molecular weight is 200 g/mol. The fourth-order valence-electron chi connectivity index (χ4n) is 1.76. The van der Waals surface area contributed by atoms with E-state index >= 15 is 0 Å². The Morgan fingerprint density at radius 1 is 1.50 bits per heavy atom. The van der Waals surface area contributed by atoms with Crippen molar-refractivity contribution >= 4 is 5.91 Å². The summed E-state index contributed by atoms with van der Waals surface area (Å²) in [5.41, 5.74) is 5.35. The van der Waals surface area contributed by atoms with Crippen LogP contribution in [0, 0.1) is 0 Å². The minimum atomic E-state index is -0.317. The van der Waals surface area contributed by atoms with Gasteiger partial charge in [-0.25, -0.2) is 0 Å². The Bertz CT molecular complexity index is 185. The largest absolute Gasteiger partial charge is 0.391 e. The number of hydrogen-bond donors (Lipinski definition) is 2. The predicted octanol–water partition coefficient (Wildman–Crippen LogP) is 0.0987. The SMILES string of the molecule is NCCCCC(=O)N1CCC[C@H](O)C1. The predicted molar refractivity (Wildman–Crippen MR) is 54.7 cm³/mol. The quantitative estimate of drug-likeness (QED) is 0.632. The lowest BCUT2D eigenvalue weighted by atomic mass is 10.1. The number of nitrogens with two attached hydrogens (primary N) is 1. The Labute approximate surface area is 85.1 Å². The van der Waals surface area contributed by atoms with E-state index in [-0.39, 0.29) is 12.0 Å². The highest BCUT2D eigenvalue weighted by atomic mass is 16.3. The molecule has 1 amide bonds. The molecule has 0 aromatic rings. The smallest absolute Gasteiger partial charge is 0.222 e. The molecular formula is C10H20N2O2. The summed E-state index contributed by atoms with van der Waals surface area (Å²) in [6.07, 6.45) is 3.77. The van der Waals surface area contributed by atoms with Gasteiger partial charge in [0.2, 0.25) is 5.91 Å². The maximum absolute atomic E-state index is 11.6. The minimum absolute atomic E-state index is 0.164. The van der Waals surface area contributed by atoms with Crippen LogP contribution in [0.3, 0.4) is 0 Å². The van der Waals surface area contributed by atoms with E-state index in [0.717, 1.165) is 32.2 Å². The van der Waals surface area contributed by atoms with E-state index in [9.17, 15) is 9.90 Å². The molecule has 0 saturated carbocycles. The molecule has 0 radical (unpaired) electrons. The summed E-state index contributed by atoms with van der Waals surface area (Å²) in [5, 5.41) is 9.39. The van der Waals surface area contributed by atoms with Crippen LogP contribution in [0.4, 0.5) is 0 Å². The maximum Gasteiger partial charge on any atom is 0.222 e. The molecule has 0 spiro atoms. The summed E-state index contributed by atoms with van der Waals surface area (Å²) in [7, 11) is 0. The number of amides is 1. The van der Waals surface area contributed by atoms with E-state index in [1.54, 1.807) is 4.90 Å². The first kappa shape index (κ1) is 11.5. The summed E-state index contributed by atoms with van der Waals surface area (Å²) in [6.45, 7) is 1.97. The van der Waals surface area contributed by atoms with Crippen LogP contribution < -0.4 is 5.73 Å². The fraction of sp³-hybridized carbons (Fsp3) is 0.900. The first-order valence-corrected chi connectivity index (χ1v) is 5.40. The molecule has 0 bridgehead atoms. The van der Waals surface area contributed by atoms with Crippen LogP contribution in [0.25, 0.3) is 0 Å². The van der Waals surface area contributed by atoms with Crippen LogP contribution in [-0.4, -0.2) is 41.7 Å². The normalized spacial score (nSPS) is 22.4. The Hall–Kier alpha value is -0.610. The van der Waals surface area contributed by atoms with E-state index < -0.39 is 0 Å². The molecule has 1 aliphatic heterocycles. The minimum Gasteiger partial charge on any atom is -0.391 e. The highest BCUT2D eigenvalue weighted by Crippen LogP contribution is 2.11. The van der Waals surface area contributed by atoms with E-state index in [2.05, 4.69) is 0 Å². The van der Waals surface area contributed by atoms with Gasteiger partial charge in [0.1, 0.15) is 0 Å². The molecule has 1 aliphatic rings. The van der Waals surface area contributed by atoms with E-state index in [4.69, 9.17) is 5.73 Å². The highest BCUT2D eigenvalue weighted by molar-refractivity contribution is 5.76. The second-order valence-corrected chi connectivity index (χ2v) is 3.88. The van der Waals surface area contributed by atoms with Crippen molar-refractivity contribution in [3.05, 3.63) is 0 Å². The molecule has 0 aromatic heterocycles. The number of aliphatic hydroxyl groups excluding tert-OH is 1. The number of carbonyl (C=O) groups is 1. The third kappa shape index (κ3) is 3.64. The molecule has 0 aliphatic carbocycles. The highest BCUT2D eigenvalue weighted by Gasteiger charge is 2.21. The Morgan fingerprint density at radius 3 is 2.93 bits per heavy atom. The van der Waals surface area contributed by atoms with Crippen molar-refractivity contribution in [2.45, 2.75) is 38.2 Å². The van der Waals surface area contributed by atoms with Crippen LogP contribution >= 0.6 is 0 Å². The molecule has 0 unspecified atom stereocenters. The molecule has 14 heavy (non-hydrogen) atoms. The van der Waals surface area contributed by atoms with Crippen molar-refractivity contribution in [1.82, 2.24) is 4.90 Å². The fourth-order valence-corrected chi connectivity index (χ4v) is 1.76. The van der Waals surface area contributed by atoms with Crippen molar-refractivity contribution in [1.29, 1.82) is 0 Å². The van der Waals surface area contributed by atoms with Gasteiger partial charge >= 0.3 is 0 Å². The van der Waals surface area contributed by atoms with Gasteiger partial charge in [-0.05, 0) is 32.2 Å². The zero-order valence-corrected chi connectivity index (χ0v) is 8.61. The number of aliphatic hydroxyl groups is 1. The molecule has 1 fully saturated rings. The molecular weight excluding hydrogens is 180 g/mol. The van der Waals surface area contributed by atoms with Crippen LogP contribution in [0.15, 0.2) is 0 Å². The van der Waals surface area contributed by atoms with Gasteiger partial charge in [0, 0.05) is 19.5 Å². The average Bonchev–Trinajstić information content (AvgIpc) is 2.18. The van der Waals surface area contributed by atoms with Crippen molar-refractivity contribution in [2.75, 3.05) is 19.6 Å². The molecule has 1 atom stereocenters. The van der Waals surface area contributed by atoms with Gasteiger partial charge in [-0.2, -0.15) is 0 Å². The maximum atomic E-state index is 11.6. The number of hydrogen-bond acceptors (Lipinski definition) is 3. The first-order chi connectivity index (χ1) is 6.74. The summed E-state index contributed by atoms with van der Waals surface area (Å²) >= 11 is 0. The Balaban J connectivity index is 2.22. The Kier molecular flexibility index (Phi) is 4.90. The molecule has 4 nitrogen and oxygen atoms in total. The first-order valence-electron chi connectivity index (χ1n) is 5.40. The van der Waals surface area contributed by atoms with Crippen molar-refractivity contribution in [3.8, 4) is 0 Å². The van der Waals surface area contributed by atoms with Gasteiger partial charge in [0.25, 0.3) is 0 Å². The number of unbranched alkanes of at least 4 members (excludes halogenated alkanes) is 1. The third-order valence-electron chi connectivity index (χ3n) is 2.59. The van der Waals surface area contributed by atoms with Crippen molar-refractivity contribution in [2.24, 2.45) is 5.73 Å². The number of β-amino-alcohol motifs (C(OH)–C–C–N with tert-alkyl or cyclic N) is 1. The van der Waals surface area contributed by atoms with Crippen LogP contribution in [-0.2, 0) is 4.79 Å². The zero-order chi connectivity index (χ0) is 10.4. The second-order valence-electron chi connectivity index (χ2n) is 3.88. The van der Waals surface area contributed by atoms with Crippen LogP contribution in [0.1, 0.15) is 32.1 Å². The van der Waals surface area contributed by atoms with Gasteiger partial charge in [-0.3, -0.25) is 4.79 Å². The van der Waals surface area contributed by atoms with Crippen LogP contribution in [0.5, 0.6) is 0 Å². The lowest BCUT2D eigenvalue weighted by molar-refractivity contribution is -0.134. The van der Waals surface area contributed by atoms with E-state index in [1.165, 1.54) is 0 Å². The lowest BCUT2D eigenvalue weighted by Gasteiger charge is -2.30. The molecule has 0 aromatic carbocycles. The molecule has 82 valence electrons. The van der Waals surface area contributed by atoms with Crippen LogP contribution in [0.2, 0.25) is 0 Å². The van der Waals surface area contributed by atoms with Crippen molar-refractivity contribution in [3.63, 3.8) is 0 Å². The van der Waals surface area contributed by atoms with Gasteiger partial charge < -0.3 is 15.7 Å². The monoisotopic (exact) mass is 200 g/mol. The topological polar surface area (TPSA) is 66.6 Å². The van der Waals surface area contributed by atoms with Gasteiger partial charge in [-0.15, -0.1) is 0 Å². The zero-order valence-electron chi connectivity index (χ0n) is 8.61. The van der Waals surface area contributed by atoms with Gasteiger partial charge in [0.15, 0.2) is 0 Å². The molecule has 1 heterocycles. The van der Waals surface area contributed by atoms with Crippen molar-refractivity contribution < 1.29 is 9.90 Å². The standard InChI is InChI=1S/C10H20N2O2/c11-6-2-1-5-10(14)12-7-3-4-9(13)8-12/h9,13H,1-8,11H2/t9-/m0/s1. The lowest BCUT2D eigenvalue weighted by Crippen LogP contribution is -2.42. The number of rotatable bonds is 4. The second kappa shape index (κ2) is 5.98. The summed E-state index contributed by atoms with van der Waals surface area (Å²) in [4.78, 5) is 13.4. The molecule has 1 rings (SSSR count). The number of piperidine rings is 1. The molecule has 1 saturated heterocycles. The number of likely N-dealkylation sites (tertiary alicyclic amines) is 1. The summed E-state index contributed by atoms with van der Waals surface area (Å²) < 4.78 is 0. The Morgan fingerprint density at radius 2 is 2.29 bits per heavy atom. The summed E-state index contributed by atoms with van der Waals surface area (Å²) in [5.74, 6) is 0.164. The molecule has 3 N–H and O–H groups in total. The van der Waals surface area contributed by atoms with E-state index in [0.29, 0.717) is 19.5 Å². The number of nitrogens with zero attached hydrogens (tertiary/aromatic N) is 1. The summed E-state index contributed by atoms with van der Waals surface area (Å²) in [6, 6.07) is 0. The molecule has 4 heteroatoms. The van der Waals surface area contributed by atoms with Gasteiger partial charge in [0.05, 0.1) is 6.10 Å². The number of carbonyl (C=O) groups excluding carboxylic acids is 1. The van der Waals surface area contributed by atoms with E-state index in [1.807, 2.05) is 0 Å².